The summed E-state index contributed by atoms with van der Waals surface area (Å²) in [5.41, 5.74) is 1.02. The molecule has 3 aromatic rings. The van der Waals surface area contributed by atoms with E-state index in [-0.39, 0.29) is 17.8 Å². The Labute approximate surface area is 218 Å². The van der Waals surface area contributed by atoms with Gasteiger partial charge in [-0.2, -0.15) is 0 Å². The Kier molecular flexibility index (Phi) is 6.58. The summed E-state index contributed by atoms with van der Waals surface area (Å²) in [6.07, 6.45) is 7.84. The molecule has 1 N–H and O–H groups in total. The SMILES string of the molecule is Cc1cc(O[C@H]2C[N+]3(Cc4cc([C@](O)(c5ccccc5)C5CCCCC5)no4)CCC2CC3)ccc1F. The minimum atomic E-state index is -1.13. The Morgan fingerprint density at radius 1 is 1.03 bits per heavy atom. The first-order chi connectivity index (χ1) is 18.0. The van der Waals surface area contributed by atoms with Crippen molar-refractivity contribution < 1.29 is 23.2 Å². The third kappa shape index (κ3) is 4.70. The van der Waals surface area contributed by atoms with Crippen molar-refractivity contribution in [2.24, 2.45) is 11.8 Å². The summed E-state index contributed by atoms with van der Waals surface area (Å²) >= 11 is 0. The molecule has 4 fully saturated rings. The zero-order valence-electron chi connectivity index (χ0n) is 21.7. The summed E-state index contributed by atoms with van der Waals surface area (Å²) in [7, 11) is 0. The zero-order valence-corrected chi connectivity index (χ0v) is 21.7. The Bertz CT molecular complexity index is 1210. The van der Waals surface area contributed by atoms with Gasteiger partial charge in [-0.3, -0.25) is 0 Å². The third-order valence-corrected chi connectivity index (χ3v) is 9.31. The number of piperidine rings is 3. The van der Waals surface area contributed by atoms with Gasteiger partial charge in [-0.05, 0) is 55.0 Å². The standard InChI is InChI=1S/C31H38FN2O3/c1-22-18-26(12-13-28(22)32)36-29-21-34(16-14-23(29)15-17-34)20-27-19-30(33-37-27)31(35,24-8-4-2-5-9-24)25-10-6-3-7-11-25/h2,4-5,8-9,12-13,18-19,23,25,29,35H,3,6-7,10-11,14-17,20-21H2,1H3/q+1/t23?,29-,31-,34?/m0/s1. The first kappa shape index (κ1) is 24.6. The van der Waals surface area contributed by atoms with Gasteiger partial charge in [0.1, 0.15) is 36.0 Å². The number of rotatable bonds is 7. The molecule has 3 aliphatic heterocycles. The highest BCUT2D eigenvalue weighted by molar-refractivity contribution is 5.33. The quantitative estimate of drug-likeness (QED) is 0.393. The van der Waals surface area contributed by atoms with Gasteiger partial charge in [-0.15, -0.1) is 0 Å². The van der Waals surface area contributed by atoms with E-state index in [9.17, 15) is 9.50 Å². The van der Waals surface area contributed by atoms with Crippen molar-refractivity contribution in [3.63, 3.8) is 0 Å². The predicted molar refractivity (Wildman–Crippen MR) is 139 cm³/mol. The highest BCUT2D eigenvalue weighted by atomic mass is 19.1. The van der Waals surface area contributed by atoms with Crippen LogP contribution in [-0.2, 0) is 12.1 Å². The van der Waals surface area contributed by atoms with E-state index in [1.165, 1.54) is 12.5 Å². The summed E-state index contributed by atoms with van der Waals surface area (Å²) < 4.78 is 27.0. The van der Waals surface area contributed by atoms with Crippen LogP contribution in [0.25, 0.3) is 0 Å². The minimum Gasteiger partial charge on any atom is -0.484 e. The molecule has 1 saturated carbocycles. The molecule has 5 nitrogen and oxygen atoms in total. The van der Waals surface area contributed by atoms with Crippen molar-refractivity contribution >= 4 is 0 Å². The number of hydrogen-bond donors (Lipinski definition) is 1. The molecule has 1 aliphatic carbocycles. The number of benzene rings is 2. The van der Waals surface area contributed by atoms with Gasteiger partial charge in [0.05, 0.1) is 13.1 Å². The fourth-order valence-electron chi connectivity index (χ4n) is 7.15. The molecule has 4 aliphatic rings. The summed E-state index contributed by atoms with van der Waals surface area (Å²) in [6.45, 7) is 5.61. The molecule has 196 valence electrons. The predicted octanol–water partition coefficient (Wildman–Crippen LogP) is 6.13. The summed E-state index contributed by atoms with van der Waals surface area (Å²) in [5.74, 6) is 2.05. The van der Waals surface area contributed by atoms with E-state index in [0.717, 1.165) is 86.3 Å². The van der Waals surface area contributed by atoms with Crippen LogP contribution in [0.15, 0.2) is 59.1 Å². The van der Waals surface area contributed by atoms with Crippen molar-refractivity contribution in [1.29, 1.82) is 0 Å². The average molecular weight is 506 g/mol. The van der Waals surface area contributed by atoms with Crippen LogP contribution >= 0.6 is 0 Å². The maximum atomic E-state index is 13.8. The molecule has 7 rings (SSSR count). The van der Waals surface area contributed by atoms with Gasteiger partial charge >= 0.3 is 0 Å². The lowest BCUT2D eigenvalue weighted by Gasteiger charge is -2.51. The lowest BCUT2D eigenvalue weighted by molar-refractivity contribution is -0.959. The number of aliphatic hydroxyl groups is 1. The molecule has 1 aromatic heterocycles. The third-order valence-electron chi connectivity index (χ3n) is 9.31. The lowest BCUT2D eigenvalue weighted by Crippen LogP contribution is -2.64. The molecule has 0 unspecified atom stereocenters. The van der Waals surface area contributed by atoms with E-state index in [4.69, 9.17) is 9.26 Å². The van der Waals surface area contributed by atoms with Crippen LogP contribution in [-0.4, -0.2) is 40.5 Å². The van der Waals surface area contributed by atoms with Gasteiger partial charge < -0.3 is 18.8 Å². The van der Waals surface area contributed by atoms with Crippen LogP contribution in [0.4, 0.5) is 4.39 Å². The fourth-order valence-corrected chi connectivity index (χ4v) is 7.15. The molecular formula is C31H38FN2O3+. The first-order valence-electron chi connectivity index (χ1n) is 14.0. The van der Waals surface area contributed by atoms with Gasteiger partial charge in [0.2, 0.25) is 0 Å². The molecular weight excluding hydrogens is 467 g/mol. The Morgan fingerprint density at radius 3 is 2.51 bits per heavy atom. The van der Waals surface area contributed by atoms with E-state index in [0.29, 0.717) is 17.2 Å². The van der Waals surface area contributed by atoms with Gasteiger partial charge in [-0.1, -0.05) is 54.8 Å². The average Bonchev–Trinajstić information content (AvgIpc) is 3.40. The maximum Gasteiger partial charge on any atom is 0.191 e. The molecule has 2 bridgehead atoms. The second-order valence-corrected chi connectivity index (χ2v) is 11.7. The Hall–Kier alpha value is -2.70. The van der Waals surface area contributed by atoms with Crippen LogP contribution in [0.5, 0.6) is 5.75 Å². The van der Waals surface area contributed by atoms with Gasteiger partial charge in [-0.25, -0.2) is 4.39 Å². The van der Waals surface area contributed by atoms with E-state index in [1.807, 2.05) is 36.4 Å². The van der Waals surface area contributed by atoms with Gasteiger partial charge in [0.15, 0.2) is 11.9 Å². The molecule has 3 saturated heterocycles. The smallest absolute Gasteiger partial charge is 0.191 e. The number of nitrogens with zero attached hydrogens (tertiary/aromatic N) is 2. The van der Waals surface area contributed by atoms with Crippen molar-refractivity contribution in [2.45, 2.75) is 70.1 Å². The van der Waals surface area contributed by atoms with Crippen molar-refractivity contribution in [1.82, 2.24) is 5.16 Å². The topological polar surface area (TPSA) is 55.5 Å². The summed E-state index contributed by atoms with van der Waals surface area (Å²) in [5, 5.41) is 16.7. The largest absolute Gasteiger partial charge is 0.484 e. The highest BCUT2D eigenvalue weighted by Crippen LogP contribution is 2.44. The van der Waals surface area contributed by atoms with E-state index >= 15 is 0 Å². The van der Waals surface area contributed by atoms with Crippen LogP contribution in [0.1, 0.15) is 67.5 Å². The zero-order chi connectivity index (χ0) is 25.5. The number of aryl methyl sites for hydroxylation is 1. The van der Waals surface area contributed by atoms with Crippen LogP contribution in [0, 0.1) is 24.6 Å². The molecule has 0 amide bonds. The summed E-state index contributed by atoms with van der Waals surface area (Å²) in [4.78, 5) is 0. The molecule has 4 heterocycles. The second kappa shape index (κ2) is 9.88. The second-order valence-electron chi connectivity index (χ2n) is 11.7. The Morgan fingerprint density at radius 2 is 1.78 bits per heavy atom. The minimum absolute atomic E-state index is 0.109. The summed E-state index contributed by atoms with van der Waals surface area (Å²) in [6, 6.07) is 17.0. The van der Waals surface area contributed by atoms with Crippen molar-refractivity contribution in [3.8, 4) is 5.75 Å². The monoisotopic (exact) mass is 505 g/mol. The first-order valence-corrected chi connectivity index (χ1v) is 14.0. The molecule has 0 radical (unpaired) electrons. The number of halogens is 1. The molecule has 2 aromatic carbocycles. The number of quaternary nitrogens is 1. The molecule has 2 atom stereocenters. The van der Waals surface area contributed by atoms with E-state index in [1.54, 1.807) is 19.1 Å². The molecule has 0 spiro atoms. The van der Waals surface area contributed by atoms with E-state index < -0.39 is 5.60 Å². The fraction of sp³-hybridized carbons (Fsp3) is 0.516. The number of ether oxygens (including phenoxy) is 1. The number of aromatic nitrogens is 1. The van der Waals surface area contributed by atoms with Crippen LogP contribution < -0.4 is 4.74 Å². The Balaban J connectivity index is 1.23. The van der Waals surface area contributed by atoms with Crippen molar-refractivity contribution in [3.05, 3.63) is 83.0 Å². The maximum absolute atomic E-state index is 13.8. The van der Waals surface area contributed by atoms with Crippen LogP contribution in [0.2, 0.25) is 0 Å². The normalized spacial score (nSPS) is 27.6. The van der Waals surface area contributed by atoms with Gasteiger partial charge in [0.25, 0.3) is 0 Å². The molecule has 6 heteroatoms. The highest BCUT2D eigenvalue weighted by Gasteiger charge is 2.48. The van der Waals surface area contributed by atoms with Crippen LogP contribution in [0.3, 0.4) is 0 Å². The molecule has 37 heavy (non-hydrogen) atoms. The number of hydrogen-bond acceptors (Lipinski definition) is 4. The number of fused-ring (bicyclic) bond motifs is 3. The van der Waals surface area contributed by atoms with Gasteiger partial charge in [0, 0.05) is 24.8 Å². The lowest BCUT2D eigenvalue weighted by atomic mass is 9.71. The van der Waals surface area contributed by atoms with E-state index in [2.05, 4.69) is 5.16 Å². The van der Waals surface area contributed by atoms with Crippen molar-refractivity contribution in [2.75, 3.05) is 19.6 Å².